The summed E-state index contributed by atoms with van der Waals surface area (Å²) in [5.74, 6) is 2.51. The maximum Gasteiger partial charge on any atom is 0.205 e. The molecular weight excluding hydrogens is 232 g/mol. The van der Waals surface area contributed by atoms with E-state index in [2.05, 4.69) is 16.2 Å². The lowest BCUT2D eigenvalue weighted by molar-refractivity contribution is 0.366. The predicted octanol–water partition coefficient (Wildman–Crippen LogP) is 1.98. The molecule has 4 nitrogen and oxygen atoms in total. The Balaban J connectivity index is 1.76. The second-order valence-corrected chi connectivity index (χ2v) is 6.15. The number of aromatic nitrogens is 2. The fourth-order valence-corrected chi connectivity index (χ4v) is 3.42. The van der Waals surface area contributed by atoms with Crippen LogP contribution in [0.1, 0.15) is 44.3 Å². The second kappa shape index (κ2) is 4.53. The van der Waals surface area contributed by atoms with Crippen molar-refractivity contribution >= 4 is 16.7 Å². The Kier molecular flexibility index (Phi) is 3.04. The van der Waals surface area contributed by atoms with Crippen molar-refractivity contribution in [2.75, 3.05) is 18.0 Å². The van der Waals surface area contributed by atoms with E-state index < -0.39 is 0 Å². The van der Waals surface area contributed by atoms with Gasteiger partial charge >= 0.3 is 0 Å². The van der Waals surface area contributed by atoms with Gasteiger partial charge in [0.15, 0.2) is 0 Å². The summed E-state index contributed by atoms with van der Waals surface area (Å²) in [7, 11) is 0. The predicted molar refractivity (Wildman–Crippen MR) is 70.5 cm³/mol. The van der Waals surface area contributed by atoms with Crippen LogP contribution in [0.4, 0.5) is 5.13 Å². The van der Waals surface area contributed by atoms with Crippen molar-refractivity contribution < 1.29 is 0 Å². The van der Waals surface area contributed by atoms with Gasteiger partial charge in [-0.2, -0.15) is 4.37 Å². The molecule has 0 radical (unpaired) electrons. The molecule has 0 spiro atoms. The van der Waals surface area contributed by atoms with E-state index in [9.17, 15) is 0 Å². The van der Waals surface area contributed by atoms with Crippen LogP contribution in [0.3, 0.4) is 0 Å². The molecule has 0 bridgehead atoms. The minimum absolute atomic E-state index is 0.457. The average molecular weight is 252 g/mol. The van der Waals surface area contributed by atoms with E-state index in [1.807, 2.05) is 0 Å². The smallest absolute Gasteiger partial charge is 0.205 e. The second-order valence-electron chi connectivity index (χ2n) is 5.42. The van der Waals surface area contributed by atoms with Crippen LogP contribution < -0.4 is 10.6 Å². The van der Waals surface area contributed by atoms with E-state index in [0.29, 0.717) is 12.0 Å². The largest absolute Gasteiger partial charge is 0.343 e. The van der Waals surface area contributed by atoms with Gasteiger partial charge in [0.1, 0.15) is 5.82 Å². The zero-order valence-electron chi connectivity index (χ0n) is 10.3. The standard InChI is InChI=1S/C12H20N4S/c1-8-4-5-16(10(6-8)7-13)12-14-11(15-17-12)9-2-3-9/h8-10H,2-7,13H2,1H3. The number of piperidine rings is 1. The van der Waals surface area contributed by atoms with Gasteiger partial charge in [0.05, 0.1) is 0 Å². The lowest BCUT2D eigenvalue weighted by atomic mass is 9.93. The lowest BCUT2D eigenvalue weighted by Crippen LogP contribution is -2.46. The summed E-state index contributed by atoms with van der Waals surface area (Å²) in [5, 5.41) is 1.09. The van der Waals surface area contributed by atoms with Crippen molar-refractivity contribution in [3.63, 3.8) is 0 Å². The van der Waals surface area contributed by atoms with Crippen LogP contribution in [0.15, 0.2) is 0 Å². The van der Waals surface area contributed by atoms with Gasteiger partial charge in [-0.05, 0) is 31.6 Å². The Morgan fingerprint density at radius 3 is 2.94 bits per heavy atom. The van der Waals surface area contributed by atoms with E-state index in [4.69, 9.17) is 10.7 Å². The minimum Gasteiger partial charge on any atom is -0.343 e. The molecule has 2 heterocycles. The average Bonchev–Trinajstić information content (AvgIpc) is 3.08. The van der Waals surface area contributed by atoms with Crippen LogP contribution in [0.25, 0.3) is 0 Å². The Labute approximate surface area is 106 Å². The zero-order chi connectivity index (χ0) is 11.8. The third kappa shape index (κ3) is 2.31. The summed E-state index contributed by atoms with van der Waals surface area (Å²) in [6.07, 6.45) is 4.98. The van der Waals surface area contributed by atoms with E-state index in [-0.39, 0.29) is 0 Å². The summed E-state index contributed by atoms with van der Waals surface area (Å²) in [6, 6.07) is 0.457. The first-order valence-electron chi connectivity index (χ1n) is 6.58. The monoisotopic (exact) mass is 252 g/mol. The van der Waals surface area contributed by atoms with Crippen LogP contribution >= 0.6 is 11.5 Å². The molecular formula is C12H20N4S. The van der Waals surface area contributed by atoms with Crippen molar-refractivity contribution in [3.05, 3.63) is 5.82 Å². The number of hydrogen-bond acceptors (Lipinski definition) is 5. The molecule has 2 atom stereocenters. The van der Waals surface area contributed by atoms with Crippen LogP contribution in [-0.2, 0) is 0 Å². The normalized spacial score (nSPS) is 29.6. The third-order valence-electron chi connectivity index (χ3n) is 3.87. The van der Waals surface area contributed by atoms with Gasteiger partial charge in [0.2, 0.25) is 5.13 Å². The molecule has 1 aliphatic heterocycles. The molecule has 1 aromatic rings. The maximum atomic E-state index is 5.89. The summed E-state index contributed by atoms with van der Waals surface area (Å²) >= 11 is 1.55. The molecule has 17 heavy (non-hydrogen) atoms. The molecule has 1 saturated carbocycles. The Morgan fingerprint density at radius 1 is 1.41 bits per heavy atom. The Bertz CT molecular complexity index is 388. The highest BCUT2D eigenvalue weighted by Crippen LogP contribution is 2.40. The molecule has 2 fully saturated rings. The number of nitrogens with two attached hydrogens (primary N) is 1. The minimum atomic E-state index is 0.457. The number of nitrogens with zero attached hydrogens (tertiary/aromatic N) is 3. The first-order chi connectivity index (χ1) is 8.28. The van der Waals surface area contributed by atoms with Gasteiger partial charge in [-0.15, -0.1) is 0 Å². The van der Waals surface area contributed by atoms with E-state index >= 15 is 0 Å². The number of anilines is 1. The SMILES string of the molecule is CC1CCN(c2nc(C3CC3)ns2)C(CN)C1. The van der Waals surface area contributed by atoms with Crippen LogP contribution in [0.2, 0.25) is 0 Å². The van der Waals surface area contributed by atoms with Crippen molar-refractivity contribution in [1.82, 2.24) is 9.36 Å². The molecule has 2 aliphatic rings. The molecule has 1 aromatic heterocycles. The van der Waals surface area contributed by atoms with Crippen LogP contribution in [0.5, 0.6) is 0 Å². The third-order valence-corrected chi connectivity index (χ3v) is 4.64. The first kappa shape index (κ1) is 11.4. The zero-order valence-corrected chi connectivity index (χ0v) is 11.1. The Morgan fingerprint density at radius 2 is 2.24 bits per heavy atom. The number of rotatable bonds is 3. The molecule has 0 amide bonds. The van der Waals surface area contributed by atoms with Gasteiger partial charge in [-0.25, -0.2) is 4.98 Å². The molecule has 1 saturated heterocycles. The van der Waals surface area contributed by atoms with Gasteiger partial charge in [-0.1, -0.05) is 6.92 Å². The van der Waals surface area contributed by atoms with Gasteiger partial charge in [0.25, 0.3) is 0 Å². The highest BCUT2D eigenvalue weighted by molar-refractivity contribution is 7.09. The van der Waals surface area contributed by atoms with Gasteiger partial charge < -0.3 is 10.6 Å². The molecule has 3 rings (SSSR count). The summed E-state index contributed by atoms with van der Waals surface area (Å²) < 4.78 is 4.49. The molecule has 1 aliphatic carbocycles. The fourth-order valence-electron chi connectivity index (χ4n) is 2.58. The van der Waals surface area contributed by atoms with Crippen molar-refractivity contribution in [3.8, 4) is 0 Å². The van der Waals surface area contributed by atoms with Crippen molar-refractivity contribution in [2.24, 2.45) is 11.7 Å². The topological polar surface area (TPSA) is 55.0 Å². The highest BCUT2D eigenvalue weighted by atomic mass is 32.1. The van der Waals surface area contributed by atoms with E-state index in [0.717, 1.165) is 30.0 Å². The number of hydrogen-bond donors (Lipinski definition) is 1. The van der Waals surface area contributed by atoms with Crippen LogP contribution in [0, 0.1) is 5.92 Å². The van der Waals surface area contributed by atoms with Crippen molar-refractivity contribution in [2.45, 2.75) is 44.6 Å². The van der Waals surface area contributed by atoms with Gasteiger partial charge in [0, 0.05) is 36.6 Å². The van der Waals surface area contributed by atoms with E-state index in [1.54, 1.807) is 11.5 Å². The van der Waals surface area contributed by atoms with Gasteiger partial charge in [-0.3, -0.25) is 0 Å². The Hall–Kier alpha value is -0.680. The lowest BCUT2D eigenvalue weighted by Gasteiger charge is -2.37. The molecule has 0 aromatic carbocycles. The summed E-state index contributed by atoms with van der Waals surface area (Å²) in [6.45, 7) is 4.13. The maximum absolute atomic E-state index is 5.89. The van der Waals surface area contributed by atoms with E-state index in [1.165, 1.54) is 25.7 Å². The molecule has 5 heteroatoms. The summed E-state index contributed by atoms with van der Waals surface area (Å²) in [4.78, 5) is 7.08. The highest BCUT2D eigenvalue weighted by Gasteiger charge is 2.31. The summed E-state index contributed by atoms with van der Waals surface area (Å²) in [5.41, 5.74) is 5.89. The molecule has 2 N–H and O–H groups in total. The first-order valence-corrected chi connectivity index (χ1v) is 7.35. The quantitative estimate of drug-likeness (QED) is 0.893. The fraction of sp³-hybridized carbons (Fsp3) is 0.833. The van der Waals surface area contributed by atoms with Crippen molar-refractivity contribution in [1.29, 1.82) is 0 Å². The molecule has 94 valence electrons. The van der Waals surface area contributed by atoms with Crippen LogP contribution in [-0.4, -0.2) is 28.5 Å². The molecule has 2 unspecified atom stereocenters.